The summed E-state index contributed by atoms with van der Waals surface area (Å²) in [5.74, 6) is 0.673. The van der Waals surface area contributed by atoms with Gasteiger partial charge in [-0.05, 0) is 45.1 Å². The molecule has 1 unspecified atom stereocenters. The molecule has 134 valence electrons. The SMILES string of the molecule is C=C(C)C(C/C=C/C=C/C)CCC.C=Cc1ccc(C)cc1.CC. The Hall–Kier alpha value is -1.82. The maximum Gasteiger partial charge on any atom is -0.0174 e. The summed E-state index contributed by atoms with van der Waals surface area (Å²) in [6.07, 6.45) is 13.9. The van der Waals surface area contributed by atoms with E-state index in [1.807, 2.05) is 32.9 Å². The summed E-state index contributed by atoms with van der Waals surface area (Å²) >= 11 is 0. The smallest absolute Gasteiger partial charge is 0.0174 e. The van der Waals surface area contributed by atoms with Crippen molar-refractivity contribution < 1.29 is 0 Å². The van der Waals surface area contributed by atoms with E-state index in [0.29, 0.717) is 5.92 Å². The molecule has 0 N–H and O–H groups in total. The number of allylic oxidation sites excluding steroid dienone is 5. The van der Waals surface area contributed by atoms with Crippen LogP contribution >= 0.6 is 0 Å². The highest BCUT2D eigenvalue weighted by molar-refractivity contribution is 5.46. The zero-order valence-corrected chi connectivity index (χ0v) is 16.8. The topological polar surface area (TPSA) is 0 Å². The Bertz CT molecular complexity index is 471. The lowest BCUT2D eigenvalue weighted by atomic mass is 9.93. The molecule has 0 spiro atoms. The van der Waals surface area contributed by atoms with Crippen LogP contribution in [0.3, 0.4) is 0 Å². The Morgan fingerprint density at radius 2 is 1.71 bits per heavy atom. The minimum atomic E-state index is 0.673. The summed E-state index contributed by atoms with van der Waals surface area (Å²) in [6.45, 7) is 20.1. The third-order valence-electron chi connectivity index (χ3n) is 3.51. The van der Waals surface area contributed by atoms with Gasteiger partial charge in [-0.2, -0.15) is 0 Å². The van der Waals surface area contributed by atoms with Crippen LogP contribution in [-0.4, -0.2) is 0 Å². The van der Waals surface area contributed by atoms with E-state index >= 15 is 0 Å². The van der Waals surface area contributed by atoms with Crippen molar-refractivity contribution >= 4 is 6.08 Å². The van der Waals surface area contributed by atoms with Crippen molar-refractivity contribution in [2.75, 3.05) is 0 Å². The van der Waals surface area contributed by atoms with E-state index in [9.17, 15) is 0 Å². The zero-order chi connectivity index (χ0) is 18.8. The lowest BCUT2D eigenvalue weighted by Gasteiger charge is -2.12. The molecule has 0 heterocycles. The van der Waals surface area contributed by atoms with Crippen molar-refractivity contribution in [2.45, 2.75) is 60.8 Å². The fourth-order valence-electron chi connectivity index (χ4n) is 2.05. The Morgan fingerprint density at radius 3 is 2.12 bits per heavy atom. The average Bonchev–Trinajstić information content (AvgIpc) is 2.60. The molecule has 0 heteroatoms. The van der Waals surface area contributed by atoms with Gasteiger partial charge in [-0.25, -0.2) is 0 Å². The maximum atomic E-state index is 4.02. The van der Waals surface area contributed by atoms with Gasteiger partial charge >= 0.3 is 0 Å². The monoisotopic (exact) mass is 326 g/mol. The fourth-order valence-corrected chi connectivity index (χ4v) is 2.05. The van der Waals surface area contributed by atoms with Crippen LogP contribution in [-0.2, 0) is 0 Å². The molecule has 0 saturated carbocycles. The molecule has 0 aliphatic heterocycles. The number of rotatable bonds is 7. The van der Waals surface area contributed by atoms with Crippen molar-refractivity contribution in [1.29, 1.82) is 0 Å². The van der Waals surface area contributed by atoms with E-state index in [4.69, 9.17) is 0 Å². The van der Waals surface area contributed by atoms with Crippen molar-refractivity contribution in [3.63, 3.8) is 0 Å². The molecule has 0 aromatic heterocycles. The van der Waals surface area contributed by atoms with E-state index in [1.165, 1.54) is 29.5 Å². The average molecular weight is 327 g/mol. The molecule has 0 nitrogen and oxygen atoms in total. The number of benzene rings is 1. The normalized spacial score (nSPS) is 11.2. The quantitative estimate of drug-likeness (QED) is 0.350. The number of aryl methyl sites for hydroxylation is 1. The fraction of sp³-hybridized carbons (Fsp3) is 0.417. The standard InChI is InChI=1S/C13H22.C9H10.C2H6/c1-5-7-8-9-11-13(10-6-2)12(3)4;1-3-9-6-4-8(2)5-7-9;1-2/h5,7-9,13H,3,6,10-11H2,1-2,4H3;3-7H,1H2,2H3;1-2H3/b7-5+,9-8+;;. The van der Waals surface area contributed by atoms with Gasteiger partial charge in [0.1, 0.15) is 0 Å². The largest absolute Gasteiger partial charge is 0.0998 e. The summed E-state index contributed by atoms with van der Waals surface area (Å²) in [4.78, 5) is 0. The number of hydrogen-bond donors (Lipinski definition) is 0. The molecule has 1 rings (SSSR count). The van der Waals surface area contributed by atoms with E-state index in [-0.39, 0.29) is 0 Å². The minimum Gasteiger partial charge on any atom is -0.0998 e. The van der Waals surface area contributed by atoms with Crippen LogP contribution < -0.4 is 0 Å². The van der Waals surface area contributed by atoms with Gasteiger partial charge in [0.05, 0.1) is 0 Å². The second-order valence-electron chi connectivity index (χ2n) is 5.64. The third-order valence-corrected chi connectivity index (χ3v) is 3.51. The highest BCUT2D eigenvalue weighted by Gasteiger charge is 2.04. The lowest BCUT2D eigenvalue weighted by molar-refractivity contribution is 0.559. The summed E-state index contributed by atoms with van der Waals surface area (Å²) in [7, 11) is 0. The first-order valence-corrected chi connectivity index (χ1v) is 9.17. The van der Waals surface area contributed by atoms with Gasteiger partial charge in [0.15, 0.2) is 0 Å². The van der Waals surface area contributed by atoms with Crippen LogP contribution in [0, 0.1) is 12.8 Å². The van der Waals surface area contributed by atoms with Crippen LogP contribution in [0.4, 0.5) is 0 Å². The predicted octanol–water partition coefficient (Wildman–Crippen LogP) is 8.17. The van der Waals surface area contributed by atoms with Crippen LogP contribution in [0.2, 0.25) is 0 Å². The van der Waals surface area contributed by atoms with E-state index in [1.54, 1.807) is 0 Å². The summed E-state index contributed by atoms with van der Waals surface area (Å²) in [5.41, 5.74) is 3.79. The Kier molecular flexibility index (Phi) is 17.8. The highest BCUT2D eigenvalue weighted by Crippen LogP contribution is 2.19. The van der Waals surface area contributed by atoms with Gasteiger partial charge in [0, 0.05) is 0 Å². The lowest BCUT2D eigenvalue weighted by Crippen LogP contribution is -1.98. The number of hydrogen-bond acceptors (Lipinski definition) is 0. The van der Waals surface area contributed by atoms with Gasteiger partial charge in [0.25, 0.3) is 0 Å². The maximum absolute atomic E-state index is 4.02. The van der Waals surface area contributed by atoms with E-state index in [2.05, 4.69) is 76.4 Å². The van der Waals surface area contributed by atoms with E-state index < -0.39 is 0 Å². The third kappa shape index (κ3) is 13.8. The second kappa shape index (κ2) is 17.5. The Balaban J connectivity index is 0. The van der Waals surface area contributed by atoms with Gasteiger partial charge in [0.2, 0.25) is 0 Å². The highest BCUT2D eigenvalue weighted by atomic mass is 14.1. The van der Waals surface area contributed by atoms with Gasteiger partial charge in [-0.1, -0.05) is 106 Å². The molecule has 1 aromatic carbocycles. The van der Waals surface area contributed by atoms with Crippen molar-refractivity contribution in [1.82, 2.24) is 0 Å². The molecule has 0 fully saturated rings. The Morgan fingerprint density at radius 1 is 1.12 bits per heavy atom. The first-order valence-electron chi connectivity index (χ1n) is 9.17. The molecule has 0 bridgehead atoms. The molecule has 0 radical (unpaired) electrons. The molecular weight excluding hydrogens is 288 g/mol. The van der Waals surface area contributed by atoms with Crippen LogP contribution in [0.25, 0.3) is 6.08 Å². The molecule has 1 aromatic rings. The van der Waals surface area contributed by atoms with Gasteiger partial charge in [-0.3, -0.25) is 0 Å². The van der Waals surface area contributed by atoms with Gasteiger partial charge in [-0.15, -0.1) is 0 Å². The van der Waals surface area contributed by atoms with Gasteiger partial charge < -0.3 is 0 Å². The Labute approximate surface area is 151 Å². The molecule has 0 aliphatic rings. The summed E-state index contributed by atoms with van der Waals surface area (Å²) in [5, 5.41) is 0. The predicted molar refractivity (Wildman–Crippen MR) is 114 cm³/mol. The summed E-state index contributed by atoms with van der Waals surface area (Å²) in [6, 6.07) is 8.28. The second-order valence-corrected chi connectivity index (χ2v) is 5.64. The van der Waals surface area contributed by atoms with Crippen LogP contribution in [0.5, 0.6) is 0 Å². The van der Waals surface area contributed by atoms with Crippen LogP contribution in [0.15, 0.2) is 67.3 Å². The van der Waals surface area contributed by atoms with Crippen molar-refractivity contribution in [2.24, 2.45) is 5.92 Å². The molecule has 0 amide bonds. The van der Waals surface area contributed by atoms with E-state index in [0.717, 1.165) is 6.42 Å². The minimum absolute atomic E-state index is 0.673. The van der Waals surface area contributed by atoms with Crippen LogP contribution in [0.1, 0.15) is 65.0 Å². The molecule has 0 saturated heterocycles. The van der Waals surface area contributed by atoms with Crippen molar-refractivity contribution in [3.8, 4) is 0 Å². The molecular formula is C24H38. The summed E-state index contributed by atoms with van der Waals surface area (Å²) < 4.78 is 0. The van der Waals surface area contributed by atoms with Crippen molar-refractivity contribution in [3.05, 3.63) is 78.4 Å². The molecule has 24 heavy (non-hydrogen) atoms. The molecule has 0 aliphatic carbocycles. The first kappa shape index (κ1) is 24.4. The zero-order valence-electron chi connectivity index (χ0n) is 16.8. The first-order chi connectivity index (χ1) is 11.5. The molecule has 1 atom stereocenters.